The third kappa shape index (κ3) is 4.10. The second-order valence-corrected chi connectivity index (χ2v) is 7.22. The molecule has 2 fully saturated rings. The maximum Gasteiger partial charge on any atom is 0.179 e. The fraction of sp³-hybridized carbons (Fsp3) is 0.667. The molecule has 3 atom stereocenters. The quantitative estimate of drug-likeness (QED) is 0.823. The van der Waals surface area contributed by atoms with Crippen molar-refractivity contribution < 1.29 is 9.47 Å². The van der Waals surface area contributed by atoms with Crippen molar-refractivity contribution in [2.24, 2.45) is 17.6 Å². The molecule has 1 saturated carbocycles. The fourth-order valence-corrected chi connectivity index (χ4v) is 4.28. The van der Waals surface area contributed by atoms with Crippen molar-refractivity contribution >= 4 is 24.0 Å². The van der Waals surface area contributed by atoms with E-state index in [1.54, 1.807) is 7.11 Å². The van der Waals surface area contributed by atoms with E-state index in [9.17, 15) is 0 Å². The number of nitrogens with two attached hydrogens (primary N) is 1. The van der Waals surface area contributed by atoms with Crippen LogP contribution in [0.25, 0.3) is 0 Å². The van der Waals surface area contributed by atoms with Gasteiger partial charge in [0.25, 0.3) is 0 Å². The molecule has 3 unspecified atom stereocenters. The van der Waals surface area contributed by atoms with Crippen LogP contribution in [0.15, 0.2) is 12.1 Å². The number of halogens is 2. The average Bonchev–Trinajstić information content (AvgIpc) is 3.07. The van der Waals surface area contributed by atoms with E-state index in [0.29, 0.717) is 29.3 Å². The van der Waals surface area contributed by atoms with Crippen molar-refractivity contribution in [3.63, 3.8) is 0 Å². The summed E-state index contributed by atoms with van der Waals surface area (Å²) in [5, 5.41) is 0.629. The largest absolute Gasteiger partial charge is 0.493 e. The number of methoxy groups -OCH3 is 1. The number of rotatable bonds is 6. The molecule has 0 aromatic heterocycles. The first-order chi connectivity index (χ1) is 11.1. The van der Waals surface area contributed by atoms with Gasteiger partial charge in [-0.3, -0.25) is 4.90 Å². The van der Waals surface area contributed by atoms with E-state index in [1.165, 1.54) is 18.4 Å². The van der Waals surface area contributed by atoms with Crippen LogP contribution < -0.4 is 15.2 Å². The normalized spacial score (nSPS) is 26.1. The maximum atomic E-state index is 6.41. The van der Waals surface area contributed by atoms with Crippen LogP contribution in [0.5, 0.6) is 11.5 Å². The van der Waals surface area contributed by atoms with Gasteiger partial charge in [-0.15, -0.1) is 12.4 Å². The smallest absolute Gasteiger partial charge is 0.179 e. The zero-order valence-electron chi connectivity index (χ0n) is 14.5. The maximum absolute atomic E-state index is 6.41. The van der Waals surface area contributed by atoms with Gasteiger partial charge in [-0.1, -0.05) is 18.5 Å². The lowest BCUT2D eigenvalue weighted by molar-refractivity contribution is 0.288. The molecule has 2 N–H and O–H groups in total. The summed E-state index contributed by atoms with van der Waals surface area (Å²) in [5.74, 6) is 2.81. The van der Waals surface area contributed by atoms with E-state index in [4.69, 9.17) is 26.8 Å². The first-order valence-corrected chi connectivity index (χ1v) is 8.97. The van der Waals surface area contributed by atoms with E-state index >= 15 is 0 Å². The van der Waals surface area contributed by atoms with Gasteiger partial charge in [0, 0.05) is 25.7 Å². The highest BCUT2D eigenvalue weighted by Gasteiger charge is 2.40. The fourth-order valence-electron chi connectivity index (χ4n) is 4.00. The number of likely N-dealkylation sites (tertiary alicyclic amines) is 1. The van der Waals surface area contributed by atoms with Crippen LogP contribution in [0.1, 0.15) is 31.7 Å². The first kappa shape index (κ1) is 19.6. The minimum atomic E-state index is 0. The minimum absolute atomic E-state index is 0. The summed E-state index contributed by atoms with van der Waals surface area (Å²) >= 11 is 6.41. The Labute approximate surface area is 156 Å². The van der Waals surface area contributed by atoms with E-state index in [2.05, 4.69) is 11.8 Å². The van der Waals surface area contributed by atoms with Crippen molar-refractivity contribution in [2.45, 2.75) is 38.8 Å². The third-order valence-electron chi connectivity index (χ3n) is 5.13. The zero-order chi connectivity index (χ0) is 16.4. The van der Waals surface area contributed by atoms with Gasteiger partial charge in [0.15, 0.2) is 11.5 Å². The highest BCUT2D eigenvalue weighted by molar-refractivity contribution is 6.32. The summed E-state index contributed by atoms with van der Waals surface area (Å²) < 4.78 is 11.2. The van der Waals surface area contributed by atoms with Gasteiger partial charge in [-0.2, -0.15) is 0 Å². The van der Waals surface area contributed by atoms with Crippen molar-refractivity contribution in [2.75, 3.05) is 26.8 Å². The monoisotopic (exact) mass is 374 g/mol. The summed E-state index contributed by atoms with van der Waals surface area (Å²) in [5.41, 5.74) is 7.40. The Balaban J connectivity index is 0.00000208. The molecule has 4 nitrogen and oxygen atoms in total. The van der Waals surface area contributed by atoms with Gasteiger partial charge in [-0.05, 0) is 48.8 Å². The van der Waals surface area contributed by atoms with E-state index in [0.717, 1.165) is 37.7 Å². The Bertz CT molecular complexity index is 556. The van der Waals surface area contributed by atoms with Crippen LogP contribution >= 0.6 is 24.0 Å². The van der Waals surface area contributed by atoms with Crippen LogP contribution in [-0.2, 0) is 6.54 Å². The molecule has 0 bridgehead atoms. The van der Waals surface area contributed by atoms with E-state index < -0.39 is 0 Å². The zero-order valence-corrected chi connectivity index (χ0v) is 16.0. The Morgan fingerprint density at radius 2 is 2.08 bits per heavy atom. The van der Waals surface area contributed by atoms with Gasteiger partial charge in [0.05, 0.1) is 18.7 Å². The highest BCUT2D eigenvalue weighted by atomic mass is 35.5. The molecule has 6 heteroatoms. The number of benzene rings is 1. The van der Waals surface area contributed by atoms with E-state index in [1.807, 2.05) is 12.1 Å². The number of fused-ring (bicyclic) bond motifs is 1. The average molecular weight is 375 g/mol. The minimum Gasteiger partial charge on any atom is -0.493 e. The molecule has 1 aromatic carbocycles. The SMILES string of the molecule is CCCOc1c(Cl)cc(CN2CC3CCC(N)C3C2)cc1OC.Cl. The molecule has 1 heterocycles. The predicted octanol–water partition coefficient (Wildman–Crippen LogP) is 3.73. The molecule has 136 valence electrons. The van der Waals surface area contributed by atoms with Crippen LogP contribution in [0, 0.1) is 11.8 Å². The van der Waals surface area contributed by atoms with Crippen molar-refractivity contribution in [1.29, 1.82) is 0 Å². The molecular weight excluding hydrogens is 347 g/mol. The summed E-state index contributed by atoms with van der Waals surface area (Å²) in [7, 11) is 1.66. The van der Waals surface area contributed by atoms with Gasteiger partial charge >= 0.3 is 0 Å². The molecule has 0 amide bonds. The molecule has 2 aliphatic rings. The first-order valence-electron chi connectivity index (χ1n) is 8.59. The second kappa shape index (κ2) is 8.61. The molecule has 0 spiro atoms. The molecule has 1 saturated heterocycles. The van der Waals surface area contributed by atoms with Crippen molar-refractivity contribution in [3.8, 4) is 11.5 Å². The molecule has 1 aliphatic heterocycles. The Hall–Kier alpha value is -0.680. The molecule has 1 aliphatic carbocycles. The van der Waals surface area contributed by atoms with Crippen molar-refractivity contribution in [3.05, 3.63) is 22.7 Å². The number of hydrogen-bond acceptors (Lipinski definition) is 4. The van der Waals surface area contributed by atoms with Crippen molar-refractivity contribution in [1.82, 2.24) is 4.90 Å². The van der Waals surface area contributed by atoms with Gasteiger partial charge in [0.2, 0.25) is 0 Å². The predicted molar refractivity (Wildman–Crippen MR) is 101 cm³/mol. The highest BCUT2D eigenvalue weighted by Crippen LogP contribution is 2.40. The third-order valence-corrected chi connectivity index (χ3v) is 5.41. The second-order valence-electron chi connectivity index (χ2n) is 6.82. The summed E-state index contributed by atoms with van der Waals surface area (Å²) in [4.78, 5) is 2.49. The lowest BCUT2D eigenvalue weighted by Crippen LogP contribution is -2.30. The summed E-state index contributed by atoms with van der Waals surface area (Å²) in [6.45, 7) is 5.85. The van der Waals surface area contributed by atoms with Gasteiger partial charge in [-0.25, -0.2) is 0 Å². The van der Waals surface area contributed by atoms with Crippen LogP contribution in [0.4, 0.5) is 0 Å². The number of hydrogen-bond donors (Lipinski definition) is 1. The van der Waals surface area contributed by atoms with Gasteiger partial charge in [0.1, 0.15) is 0 Å². The molecule has 0 radical (unpaired) electrons. The molecule has 24 heavy (non-hydrogen) atoms. The Morgan fingerprint density at radius 1 is 1.29 bits per heavy atom. The molecule has 1 aromatic rings. The topological polar surface area (TPSA) is 47.7 Å². The van der Waals surface area contributed by atoms with Crippen LogP contribution in [-0.4, -0.2) is 37.7 Å². The Morgan fingerprint density at radius 3 is 2.75 bits per heavy atom. The lowest BCUT2D eigenvalue weighted by atomic mass is 9.98. The summed E-state index contributed by atoms with van der Waals surface area (Å²) in [6.07, 6.45) is 3.40. The standard InChI is InChI=1S/C18H27ClN2O2.ClH/c1-3-6-23-18-15(19)7-12(8-17(18)22-2)9-21-10-13-4-5-16(20)14(13)11-21;/h7-8,13-14,16H,3-6,9-11,20H2,1-2H3;1H. The molecular formula is C18H28Cl2N2O2. The summed E-state index contributed by atoms with van der Waals surface area (Å²) in [6, 6.07) is 4.43. The lowest BCUT2D eigenvalue weighted by Gasteiger charge is -2.20. The molecule has 3 rings (SSSR count). The number of nitrogens with zero attached hydrogens (tertiary/aromatic N) is 1. The Kier molecular flexibility index (Phi) is 7.05. The van der Waals surface area contributed by atoms with E-state index in [-0.39, 0.29) is 12.4 Å². The number of ether oxygens (including phenoxy) is 2. The van der Waals surface area contributed by atoms with Gasteiger partial charge < -0.3 is 15.2 Å². The van der Waals surface area contributed by atoms with Crippen LogP contribution in [0.3, 0.4) is 0 Å². The van der Waals surface area contributed by atoms with Crippen LogP contribution in [0.2, 0.25) is 5.02 Å².